The molecule has 0 saturated carbocycles. The number of amides is 4. The van der Waals surface area contributed by atoms with Gasteiger partial charge in [0.1, 0.15) is 41.0 Å². The van der Waals surface area contributed by atoms with E-state index in [9.17, 15) is 27.6 Å². The Hall–Kier alpha value is -6.22. The summed E-state index contributed by atoms with van der Waals surface area (Å²) in [6.45, 7) is 19.5. The second kappa shape index (κ2) is 21.0. The van der Waals surface area contributed by atoms with Gasteiger partial charge in [0.05, 0.1) is 24.1 Å². The highest BCUT2D eigenvalue weighted by Gasteiger charge is 2.37. The zero-order chi connectivity index (χ0) is 45.8. The largest absolute Gasteiger partial charge is 0.497 e. The zero-order valence-corrected chi connectivity index (χ0v) is 37.6. The minimum atomic E-state index is -4.01. The van der Waals surface area contributed by atoms with E-state index in [1.807, 2.05) is 48.5 Å². The molecule has 15 heteroatoms. The lowest BCUT2D eigenvalue weighted by Gasteiger charge is -2.33. The van der Waals surface area contributed by atoms with Gasteiger partial charge in [0.15, 0.2) is 0 Å². The molecular formula is C47H59N5O9S. The van der Waals surface area contributed by atoms with Crippen molar-refractivity contribution in [2.24, 2.45) is 5.41 Å². The Morgan fingerprint density at radius 2 is 1.53 bits per heavy atom. The second-order valence-electron chi connectivity index (χ2n) is 16.8. The molecule has 0 saturated heterocycles. The van der Waals surface area contributed by atoms with Gasteiger partial charge in [-0.25, -0.2) is 18.2 Å². The molecule has 4 rings (SSSR count). The van der Waals surface area contributed by atoms with Gasteiger partial charge in [0.25, 0.3) is 5.91 Å². The van der Waals surface area contributed by atoms with Crippen molar-refractivity contribution in [1.29, 1.82) is 0 Å². The number of sulfonamides is 1. The summed E-state index contributed by atoms with van der Waals surface area (Å²) in [5, 5.41) is 8.74. The molecule has 1 aromatic heterocycles. The number of carbonyl (C=O) groups excluding carboxylic acids is 4. The fourth-order valence-electron chi connectivity index (χ4n) is 6.35. The number of carbonyl (C=O) groups is 4. The number of fused-ring (bicyclic) bond motifs is 1. The van der Waals surface area contributed by atoms with Gasteiger partial charge in [-0.2, -0.15) is 0 Å². The standard InChI is InChI=1S/C47H59N5O9S/c1-11-14-15-19-26-62(57,58)52-42(53)35(13-3)49-43(54)40(50-44(55)41(46(4,5)6)51-45(56)61-47(7,8)9)32-22-25-38(30(12-2)27-32)60-39-29-36(31-20-17-16-18-21-31)48-37-28-33(59-10)23-24-34(37)39/h11-12,16-18,20-25,27-29,35,40-41H,1-2,13-15,19,26H2,3-10H3,(H,49,54)(H,50,55)(H,51,56)(H,52,53)/t35-,40+,41+/m0/s1. The number of nitrogens with zero attached hydrogens (tertiary/aromatic N) is 1. The van der Waals surface area contributed by atoms with Crippen molar-refractivity contribution >= 4 is 50.8 Å². The highest BCUT2D eigenvalue weighted by Crippen LogP contribution is 2.37. The first kappa shape index (κ1) is 48.4. The van der Waals surface area contributed by atoms with E-state index in [0.717, 1.165) is 5.56 Å². The van der Waals surface area contributed by atoms with E-state index in [1.54, 1.807) is 85.9 Å². The van der Waals surface area contributed by atoms with Crippen molar-refractivity contribution in [2.45, 2.75) is 97.9 Å². The summed E-state index contributed by atoms with van der Waals surface area (Å²) in [4.78, 5) is 59.7. The van der Waals surface area contributed by atoms with E-state index in [4.69, 9.17) is 19.2 Å². The lowest BCUT2D eigenvalue weighted by atomic mass is 9.86. The van der Waals surface area contributed by atoms with E-state index in [-0.39, 0.29) is 17.7 Å². The van der Waals surface area contributed by atoms with Crippen molar-refractivity contribution < 1.29 is 41.8 Å². The molecule has 0 fully saturated rings. The van der Waals surface area contributed by atoms with Gasteiger partial charge in [0, 0.05) is 28.6 Å². The number of unbranched alkanes of at least 4 members (excludes halogenated alkanes) is 2. The first-order valence-electron chi connectivity index (χ1n) is 20.4. The van der Waals surface area contributed by atoms with Crippen LogP contribution in [0.25, 0.3) is 28.2 Å². The average Bonchev–Trinajstić information content (AvgIpc) is 3.21. The highest BCUT2D eigenvalue weighted by atomic mass is 32.2. The van der Waals surface area contributed by atoms with E-state index < -0.39 is 63.0 Å². The maximum Gasteiger partial charge on any atom is 0.408 e. The Balaban J connectivity index is 1.75. The topological polar surface area (TPSA) is 191 Å². The number of rotatable bonds is 19. The predicted octanol–water partition coefficient (Wildman–Crippen LogP) is 8.14. The smallest absolute Gasteiger partial charge is 0.408 e. The molecule has 0 aliphatic rings. The summed E-state index contributed by atoms with van der Waals surface area (Å²) in [6, 6.07) is 17.8. The molecule has 0 unspecified atom stereocenters. The van der Waals surface area contributed by atoms with Crippen molar-refractivity contribution in [3.63, 3.8) is 0 Å². The summed E-state index contributed by atoms with van der Waals surface area (Å²) < 4.78 is 45.1. The fraction of sp³-hybridized carbons (Fsp3) is 0.383. The maximum absolute atomic E-state index is 14.3. The summed E-state index contributed by atoms with van der Waals surface area (Å²) in [7, 11) is -2.44. The van der Waals surface area contributed by atoms with Gasteiger partial charge in [-0.15, -0.1) is 6.58 Å². The Morgan fingerprint density at radius 3 is 2.15 bits per heavy atom. The third-order valence-corrected chi connectivity index (χ3v) is 10.9. The molecule has 0 bridgehead atoms. The summed E-state index contributed by atoms with van der Waals surface area (Å²) in [6.07, 6.45) is 3.91. The average molecular weight is 870 g/mol. The van der Waals surface area contributed by atoms with Crippen LogP contribution in [0, 0.1) is 5.41 Å². The quantitative estimate of drug-likeness (QED) is 0.0529. The van der Waals surface area contributed by atoms with Crippen molar-refractivity contribution in [2.75, 3.05) is 12.9 Å². The SMILES string of the molecule is C=CCCCCS(=O)(=O)NC(=O)[C@H](CC)NC(=O)[C@H](NC(=O)[C@@H](NC(=O)OC(C)(C)C)C(C)(C)C)c1ccc(Oc2cc(-c3ccccc3)nc3cc(OC)ccc23)c(C=C)c1. The maximum atomic E-state index is 14.3. The Labute approximate surface area is 365 Å². The van der Waals surface area contributed by atoms with Gasteiger partial charge in [-0.3, -0.25) is 19.1 Å². The van der Waals surface area contributed by atoms with Crippen LogP contribution in [0.2, 0.25) is 0 Å². The van der Waals surface area contributed by atoms with E-state index >= 15 is 0 Å². The number of hydrogen-bond donors (Lipinski definition) is 4. The molecule has 62 heavy (non-hydrogen) atoms. The molecule has 0 aliphatic carbocycles. The molecule has 1 heterocycles. The molecule has 4 amide bonds. The summed E-state index contributed by atoms with van der Waals surface area (Å²) in [5.74, 6) is -1.31. The predicted molar refractivity (Wildman–Crippen MR) is 242 cm³/mol. The molecule has 0 aliphatic heterocycles. The number of aromatic nitrogens is 1. The Morgan fingerprint density at radius 1 is 0.823 bits per heavy atom. The van der Waals surface area contributed by atoms with Crippen molar-refractivity contribution in [3.05, 3.63) is 103 Å². The van der Waals surface area contributed by atoms with Crippen LogP contribution in [0.5, 0.6) is 17.2 Å². The number of pyridine rings is 1. The molecule has 4 N–H and O–H groups in total. The van der Waals surface area contributed by atoms with Gasteiger partial charge in [-0.1, -0.05) is 82.8 Å². The van der Waals surface area contributed by atoms with E-state index in [0.29, 0.717) is 58.7 Å². The molecule has 3 atom stereocenters. The number of hydrogen-bond acceptors (Lipinski definition) is 10. The molecule has 0 radical (unpaired) electrons. The molecule has 332 valence electrons. The number of methoxy groups -OCH3 is 1. The van der Waals surface area contributed by atoms with Gasteiger partial charge in [-0.05, 0) is 81.7 Å². The second-order valence-corrected chi connectivity index (χ2v) is 18.6. The molecule has 0 spiro atoms. The number of ether oxygens (including phenoxy) is 3. The molecule has 4 aromatic rings. The lowest BCUT2D eigenvalue weighted by molar-refractivity contribution is -0.133. The third kappa shape index (κ3) is 13.6. The molecule has 3 aromatic carbocycles. The fourth-order valence-corrected chi connectivity index (χ4v) is 7.49. The number of benzene rings is 3. The highest BCUT2D eigenvalue weighted by molar-refractivity contribution is 7.90. The van der Waals surface area contributed by atoms with Crippen LogP contribution >= 0.6 is 0 Å². The number of nitrogens with one attached hydrogen (secondary N) is 4. The first-order valence-corrected chi connectivity index (χ1v) is 22.1. The normalized spacial score (nSPS) is 13.2. The van der Waals surface area contributed by atoms with Crippen LogP contribution < -0.4 is 30.1 Å². The van der Waals surface area contributed by atoms with Gasteiger partial charge < -0.3 is 30.2 Å². The lowest BCUT2D eigenvalue weighted by Crippen LogP contribution is -2.57. The Kier molecular flexibility index (Phi) is 16.4. The summed E-state index contributed by atoms with van der Waals surface area (Å²) >= 11 is 0. The van der Waals surface area contributed by atoms with Gasteiger partial charge in [0.2, 0.25) is 21.8 Å². The van der Waals surface area contributed by atoms with E-state index in [2.05, 4.69) is 33.8 Å². The number of allylic oxidation sites excluding steroid dienone is 1. The van der Waals surface area contributed by atoms with Crippen LogP contribution in [0.15, 0.2) is 92.0 Å². The number of alkyl carbamates (subject to hydrolysis) is 1. The monoisotopic (exact) mass is 869 g/mol. The van der Waals surface area contributed by atoms with Crippen molar-refractivity contribution in [3.8, 4) is 28.5 Å². The van der Waals surface area contributed by atoms with Crippen LogP contribution in [0.1, 0.15) is 91.3 Å². The van der Waals surface area contributed by atoms with Crippen molar-refractivity contribution in [1.82, 2.24) is 25.7 Å². The molecular weight excluding hydrogens is 811 g/mol. The summed E-state index contributed by atoms with van der Waals surface area (Å²) in [5.41, 5.74) is 1.13. The minimum Gasteiger partial charge on any atom is -0.497 e. The first-order chi connectivity index (χ1) is 29.2. The van der Waals surface area contributed by atoms with Crippen LogP contribution in [-0.4, -0.2) is 67.8 Å². The van der Waals surface area contributed by atoms with Gasteiger partial charge >= 0.3 is 6.09 Å². The van der Waals surface area contributed by atoms with Crippen LogP contribution in [0.4, 0.5) is 4.79 Å². The van der Waals surface area contributed by atoms with Crippen LogP contribution in [0.3, 0.4) is 0 Å². The third-order valence-electron chi connectivity index (χ3n) is 9.56. The van der Waals surface area contributed by atoms with Crippen LogP contribution in [-0.2, 0) is 29.1 Å². The molecule has 14 nitrogen and oxygen atoms in total. The zero-order valence-electron chi connectivity index (χ0n) is 36.8. The Bertz CT molecular complexity index is 2370. The minimum absolute atomic E-state index is 0.0243. The van der Waals surface area contributed by atoms with E-state index in [1.165, 1.54) is 6.08 Å².